The van der Waals surface area contributed by atoms with E-state index in [0.29, 0.717) is 0 Å². The third kappa shape index (κ3) is 3.34. The molecular weight excluding hydrogens is 234 g/mol. The Morgan fingerprint density at radius 2 is 1.62 bits per heavy atom. The average Bonchev–Trinajstić information content (AvgIpc) is 2.71. The first kappa shape index (κ1) is 13.8. The fourth-order valence-electron chi connectivity index (χ4n) is 2.48. The Morgan fingerprint density at radius 3 is 2.19 bits per heavy atom. The topological polar surface area (TPSA) is 3.24 Å². The van der Waals surface area contributed by atoms with E-state index in [1.54, 1.807) is 5.19 Å². The molecule has 2 rings (SSSR count). The summed E-state index contributed by atoms with van der Waals surface area (Å²) in [4.78, 5) is 2.65. The third-order valence-corrected chi connectivity index (χ3v) is 6.51. The second kappa shape index (κ2) is 5.85. The number of likely N-dealkylation sites (tertiary alicyclic amines) is 1. The maximum absolute atomic E-state index is 2.65. The summed E-state index contributed by atoms with van der Waals surface area (Å²) in [7, 11) is -1.22. The van der Waals surface area contributed by atoms with Crippen molar-refractivity contribution in [2.24, 2.45) is 0 Å². The second-order valence-electron chi connectivity index (χ2n) is 5.23. The van der Waals surface area contributed by atoms with Gasteiger partial charge in [-0.05, 0) is 32.1 Å². The Morgan fingerprint density at radius 1 is 1.06 bits per heavy atom. The lowest BCUT2D eigenvalue weighted by Crippen LogP contribution is -2.51. The van der Waals surface area contributed by atoms with Gasteiger partial charge in [-0.25, -0.2) is 0 Å². The monoisotopic (exact) mass is 255 g/mol. The fourth-order valence-corrected chi connectivity index (χ4v) is 5.19. The van der Waals surface area contributed by atoms with Gasteiger partial charge in [0.15, 0.2) is 0 Å². The highest BCUT2D eigenvalue weighted by molar-refractivity contribution is 6.89. The minimum Gasteiger partial charge on any atom is -0.306 e. The van der Waals surface area contributed by atoms with Gasteiger partial charge in [0.2, 0.25) is 0 Å². The molecule has 0 unspecified atom stereocenters. The summed E-state index contributed by atoms with van der Waals surface area (Å²) in [5.41, 5.74) is 0. The molecule has 1 aromatic rings. The number of nitrogens with zero attached hydrogens (tertiary/aromatic N) is 1. The highest BCUT2D eigenvalue weighted by Gasteiger charge is 2.27. The predicted molar refractivity (Wildman–Crippen MR) is 76.5 cm³/mol. The first-order valence-electron chi connectivity index (χ1n) is 5.96. The van der Waals surface area contributed by atoms with Gasteiger partial charge < -0.3 is 4.90 Å². The van der Waals surface area contributed by atoms with Crippen molar-refractivity contribution in [1.82, 2.24) is 4.90 Å². The van der Waals surface area contributed by atoms with E-state index in [1.807, 2.05) is 0 Å². The van der Waals surface area contributed by atoms with Gasteiger partial charge in [0, 0.05) is 0 Å². The highest BCUT2D eigenvalue weighted by Crippen LogP contribution is 2.12. The van der Waals surface area contributed by atoms with Crippen molar-refractivity contribution in [3.05, 3.63) is 30.3 Å². The maximum atomic E-state index is 2.65. The summed E-state index contributed by atoms with van der Waals surface area (Å²) in [6.07, 6.45) is 4.13. The van der Waals surface area contributed by atoms with E-state index in [0.717, 1.165) is 0 Å². The van der Waals surface area contributed by atoms with Gasteiger partial charge >= 0.3 is 0 Å². The van der Waals surface area contributed by atoms with E-state index >= 15 is 0 Å². The van der Waals surface area contributed by atoms with Gasteiger partial charge in [0.25, 0.3) is 0 Å². The number of halogens is 1. The van der Waals surface area contributed by atoms with Crippen LogP contribution in [0, 0.1) is 0 Å². The number of rotatable bonds is 3. The molecule has 1 aliphatic heterocycles. The highest BCUT2D eigenvalue weighted by atomic mass is 35.5. The van der Waals surface area contributed by atoms with Crippen LogP contribution in [-0.2, 0) is 0 Å². The lowest BCUT2D eigenvalue weighted by molar-refractivity contribution is 0.390. The minimum atomic E-state index is -1.22. The van der Waals surface area contributed by atoms with Crippen LogP contribution in [0.15, 0.2) is 30.3 Å². The zero-order valence-corrected chi connectivity index (χ0v) is 12.1. The van der Waals surface area contributed by atoms with Crippen molar-refractivity contribution < 1.29 is 0 Å². The van der Waals surface area contributed by atoms with Crippen LogP contribution in [-0.4, -0.2) is 32.2 Å². The van der Waals surface area contributed by atoms with Gasteiger partial charge in [-0.2, -0.15) is 0 Å². The van der Waals surface area contributed by atoms with Crippen molar-refractivity contribution in [3.8, 4) is 0 Å². The summed E-state index contributed by atoms with van der Waals surface area (Å²) < 4.78 is 0. The molecule has 0 aliphatic carbocycles. The zero-order valence-electron chi connectivity index (χ0n) is 10.3. The van der Waals surface area contributed by atoms with Crippen LogP contribution < -0.4 is 5.19 Å². The molecule has 0 N–H and O–H groups in total. The van der Waals surface area contributed by atoms with Crippen molar-refractivity contribution in [2.75, 3.05) is 19.3 Å². The predicted octanol–water partition coefficient (Wildman–Crippen LogP) is 2.66. The molecule has 1 aliphatic rings. The van der Waals surface area contributed by atoms with Gasteiger partial charge in [0.05, 0.1) is 8.07 Å². The summed E-state index contributed by atoms with van der Waals surface area (Å²) in [6.45, 7) is 7.62. The molecule has 1 fully saturated rings. The molecule has 0 amide bonds. The molecule has 0 aromatic heterocycles. The Balaban J connectivity index is 0.00000128. The first-order chi connectivity index (χ1) is 7.18. The smallest absolute Gasteiger partial charge is 0.0948 e. The minimum absolute atomic E-state index is 0. The van der Waals surface area contributed by atoms with Crippen molar-refractivity contribution in [1.29, 1.82) is 0 Å². The van der Waals surface area contributed by atoms with Crippen LogP contribution in [0.25, 0.3) is 0 Å². The van der Waals surface area contributed by atoms with E-state index in [4.69, 9.17) is 0 Å². The second-order valence-corrected chi connectivity index (χ2v) is 9.89. The Bertz CT molecular complexity index is 307. The molecule has 0 radical (unpaired) electrons. The number of hydrogen-bond acceptors (Lipinski definition) is 1. The average molecular weight is 256 g/mol. The Hall–Kier alpha value is -0.313. The summed E-state index contributed by atoms with van der Waals surface area (Å²) >= 11 is 0. The van der Waals surface area contributed by atoms with Crippen LogP contribution in [0.4, 0.5) is 0 Å². The molecule has 1 heterocycles. The molecule has 1 aromatic carbocycles. The molecular formula is C13H22ClNSi. The summed E-state index contributed by atoms with van der Waals surface area (Å²) in [6, 6.07) is 11.1. The lowest BCUT2D eigenvalue weighted by atomic mass is 10.4. The molecule has 90 valence electrons. The molecule has 0 saturated carbocycles. The first-order valence-corrected chi connectivity index (χ1v) is 9.17. The molecule has 1 saturated heterocycles. The Labute approximate surface area is 106 Å². The largest absolute Gasteiger partial charge is 0.306 e. The van der Waals surface area contributed by atoms with E-state index in [2.05, 4.69) is 48.3 Å². The van der Waals surface area contributed by atoms with Crippen LogP contribution in [0.1, 0.15) is 12.8 Å². The molecule has 3 heteroatoms. The van der Waals surface area contributed by atoms with E-state index in [1.165, 1.54) is 32.1 Å². The quantitative estimate of drug-likeness (QED) is 0.751. The van der Waals surface area contributed by atoms with Crippen LogP contribution in [0.3, 0.4) is 0 Å². The van der Waals surface area contributed by atoms with E-state index in [-0.39, 0.29) is 12.4 Å². The fraction of sp³-hybridized carbons (Fsp3) is 0.538. The lowest BCUT2D eigenvalue weighted by Gasteiger charge is -2.28. The SMILES string of the molecule is C[Si](C)(CN1CCCC1)c1ccccc1.Cl. The molecule has 0 spiro atoms. The third-order valence-electron chi connectivity index (χ3n) is 3.37. The summed E-state index contributed by atoms with van der Waals surface area (Å²) in [5, 5.41) is 1.59. The maximum Gasteiger partial charge on any atom is 0.0948 e. The van der Waals surface area contributed by atoms with Crippen molar-refractivity contribution in [2.45, 2.75) is 25.9 Å². The molecule has 16 heavy (non-hydrogen) atoms. The zero-order chi connectivity index (χ0) is 10.7. The summed E-state index contributed by atoms with van der Waals surface area (Å²) in [5.74, 6) is 0. The molecule has 0 bridgehead atoms. The van der Waals surface area contributed by atoms with Gasteiger partial charge in [-0.1, -0.05) is 48.6 Å². The van der Waals surface area contributed by atoms with Crippen molar-refractivity contribution >= 4 is 25.7 Å². The van der Waals surface area contributed by atoms with Crippen molar-refractivity contribution in [3.63, 3.8) is 0 Å². The molecule has 0 atom stereocenters. The number of benzene rings is 1. The number of hydrogen-bond donors (Lipinski definition) is 0. The van der Waals surface area contributed by atoms with Gasteiger partial charge in [0.1, 0.15) is 0 Å². The molecule has 1 nitrogen and oxygen atoms in total. The standard InChI is InChI=1S/C13H21NSi.ClH/c1-15(2,12-14-10-6-7-11-14)13-8-4-3-5-9-13;/h3-5,8-9H,6-7,10-12H2,1-2H3;1H. The normalized spacial score (nSPS) is 17.1. The van der Waals surface area contributed by atoms with Gasteiger partial charge in [-0.3, -0.25) is 0 Å². The van der Waals surface area contributed by atoms with Gasteiger partial charge in [-0.15, -0.1) is 12.4 Å². The Kier molecular flexibility index (Phi) is 5.03. The van der Waals surface area contributed by atoms with Crippen LogP contribution in [0.2, 0.25) is 13.1 Å². The van der Waals surface area contributed by atoms with Crippen LogP contribution in [0.5, 0.6) is 0 Å². The van der Waals surface area contributed by atoms with Crippen LogP contribution >= 0.6 is 12.4 Å². The van der Waals surface area contributed by atoms with E-state index in [9.17, 15) is 0 Å². The van der Waals surface area contributed by atoms with E-state index < -0.39 is 8.07 Å².